The summed E-state index contributed by atoms with van der Waals surface area (Å²) in [5, 5.41) is 10.6. The van der Waals surface area contributed by atoms with Gasteiger partial charge >= 0.3 is 0 Å². The van der Waals surface area contributed by atoms with Crippen LogP contribution in [0.15, 0.2) is 24.3 Å². The van der Waals surface area contributed by atoms with Crippen LogP contribution in [0.4, 0.5) is 0 Å². The SMILES string of the molecule is CC(CNC(=O)c1sc(C2CC2)nc1Cl)C(=O)N[C@@H]1C(=O)N2CCCN2Cc2ccccc21. The highest BCUT2D eigenvalue weighted by Gasteiger charge is 2.38. The molecule has 174 valence electrons. The molecule has 0 radical (unpaired) electrons. The van der Waals surface area contributed by atoms with Crippen molar-refractivity contribution in [1.29, 1.82) is 0 Å². The Hall–Kier alpha value is -2.49. The molecule has 0 bridgehead atoms. The van der Waals surface area contributed by atoms with E-state index in [0.717, 1.165) is 41.9 Å². The molecule has 2 aromatic rings. The van der Waals surface area contributed by atoms with Gasteiger partial charge in [0.2, 0.25) is 5.91 Å². The third-order valence-corrected chi connectivity index (χ3v) is 7.99. The number of carbonyl (C=O) groups is 3. The quantitative estimate of drug-likeness (QED) is 0.653. The average molecular weight is 488 g/mol. The first-order valence-electron chi connectivity index (χ1n) is 11.3. The number of thiazole rings is 1. The number of hydrogen-bond donors (Lipinski definition) is 2. The fraction of sp³-hybridized carbons (Fsp3) is 0.478. The van der Waals surface area contributed by atoms with E-state index in [1.807, 2.05) is 29.3 Å². The largest absolute Gasteiger partial charge is 0.350 e. The van der Waals surface area contributed by atoms with Crippen molar-refractivity contribution in [3.63, 3.8) is 0 Å². The molecule has 2 aliphatic heterocycles. The van der Waals surface area contributed by atoms with Crippen LogP contribution in [-0.2, 0) is 16.1 Å². The van der Waals surface area contributed by atoms with Crippen LogP contribution in [0, 0.1) is 5.92 Å². The van der Waals surface area contributed by atoms with Gasteiger partial charge in [0, 0.05) is 32.1 Å². The molecule has 1 saturated carbocycles. The van der Waals surface area contributed by atoms with Gasteiger partial charge in [0.05, 0.1) is 10.9 Å². The van der Waals surface area contributed by atoms with Gasteiger partial charge in [0.15, 0.2) is 5.15 Å². The highest BCUT2D eigenvalue weighted by atomic mass is 35.5. The maximum Gasteiger partial charge on any atom is 0.264 e. The van der Waals surface area contributed by atoms with E-state index in [-0.39, 0.29) is 29.4 Å². The smallest absolute Gasteiger partial charge is 0.264 e. The molecule has 1 saturated heterocycles. The van der Waals surface area contributed by atoms with E-state index < -0.39 is 12.0 Å². The molecule has 3 amide bonds. The maximum atomic E-state index is 13.3. The summed E-state index contributed by atoms with van der Waals surface area (Å²) in [5.74, 6) is -0.837. The van der Waals surface area contributed by atoms with E-state index >= 15 is 0 Å². The number of rotatable bonds is 6. The number of hydrogen-bond acceptors (Lipinski definition) is 6. The van der Waals surface area contributed by atoms with Crippen LogP contribution in [0.1, 0.15) is 64.0 Å². The van der Waals surface area contributed by atoms with Crippen LogP contribution in [0.2, 0.25) is 5.15 Å². The summed E-state index contributed by atoms with van der Waals surface area (Å²) in [7, 11) is 0. The number of halogens is 1. The van der Waals surface area contributed by atoms with Crippen LogP contribution in [0.3, 0.4) is 0 Å². The van der Waals surface area contributed by atoms with Crippen LogP contribution in [-0.4, -0.2) is 52.4 Å². The lowest BCUT2D eigenvalue weighted by molar-refractivity contribution is -0.148. The molecule has 0 spiro atoms. The minimum absolute atomic E-state index is 0.119. The second-order valence-electron chi connectivity index (χ2n) is 8.90. The molecular weight excluding hydrogens is 462 g/mol. The lowest BCUT2D eigenvalue weighted by Gasteiger charge is -2.28. The Morgan fingerprint density at radius 3 is 2.85 bits per heavy atom. The molecule has 1 aliphatic carbocycles. The molecule has 5 rings (SSSR count). The van der Waals surface area contributed by atoms with E-state index in [1.54, 1.807) is 11.9 Å². The number of benzene rings is 1. The van der Waals surface area contributed by atoms with Crippen molar-refractivity contribution in [1.82, 2.24) is 25.6 Å². The first kappa shape index (κ1) is 22.3. The number of carbonyl (C=O) groups excluding carboxylic acids is 3. The predicted molar refractivity (Wildman–Crippen MR) is 125 cm³/mol. The molecule has 1 aromatic carbocycles. The molecule has 1 unspecified atom stereocenters. The Morgan fingerprint density at radius 1 is 1.27 bits per heavy atom. The van der Waals surface area contributed by atoms with Gasteiger partial charge in [-0.3, -0.25) is 19.4 Å². The number of amides is 3. The molecular formula is C23H26ClN5O3S. The van der Waals surface area contributed by atoms with Crippen molar-refractivity contribution in [2.45, 2.75) is 44.7 Å². The van der Waals surface area contributed by atoms with Crippen LogP contribution >= 0.6 is 22.9 Å². The van der Waals surface area contributed by atoms with Crippen molar-refractivity contribution in [3.8, 4) is 0 Å². The number of aromatic nitrogens is 1. The molecule has 8 nitrogen and oxygen atoms in total. The van der Waals surface area contributed by atoms with Crippen molar-refractivity contribution in [3.05, 3.63) is 50.4 Å². The van der Waals surface area contributed by atoms with Gasteiger partial charge in [0.25, 0.3) is 11.8 Å². The Labute approximate surface area is 201 Å². The van der Waals surface area contributed by atoms with Crippen molar-refractivity contribution in [2.24, 2.45) is 5.92 Å². The van der Waals surface area contributed by atoms with Gasteiger partial charge in [-0.2, -0.15) is 0 Å². The minimum atomic E-state index is -0.744. The summed E-state index contributed by atoms with van der Waals surface area (Å²) in [4.78, 5) is 43.6. The summed E-state index contributed by atoms with van der Waals surface area (Å²) in [5.41, 5.74) is 1.86. The van der Waals surface area contributed by atoms with Gasteiger partial charge < -0.3 is 10.6 Å². The van der Waals surface area contributed by atoms with Gasteiger partial charge in [-0.15, -0.1) is 11.3 Å². The summed E-state index contributed by atoms with van der Waals surface area (Å²) in [6.45, 7) is 4.00. The highest BCUT2D eigenvalue weighted by molar-refractivity contribution is 7.14. The second-order valence-corrected chi connectivity index (χ2v) is 10.3. The lowest BCUT2D eigenvalue weighted by Crippen LogP contribution is -2.47. The minimum Gasteiger partial charge on any atom is -0.350 e. The molecule has 3 heterocycles. The lowest BCUT2D eigenvalue weighted by atomic mass is 9.99. The molecule has 2 atom stereocenters. The predicted octanol–water partition coefficient (Wildman–Crippen LogP) is 2.86. The normalized spacial score (nSPS) is 21.2. The summed E-state index contributed by atoms with van der Waals surface area (Å²) in [6.07, 6.45) is 3.08. The van der Waals surface area contributed by atoms with E-state index in [4.69, 9.17) is 11.6 Å². The van der Waals surface area contributed by atoms with Crippen molar-refractivity contribution in [2.75, 3.05) is 19.6 Å². The first-order chi connectivity index (χ1) is 15.9. The van der Waals surface area contributed by atoms with Crippen LogP contribution < -0.4 is 10.6 Å². The molecule has 2 fully saturated rings. The van der Waals surface area contributed by atoms with Gasteiger partial charge in [-0.25, -0.2) is 9.99 Å². The molecule has 3 aliphatic rings. The third kappa shape index (κ3) is 4.49. The van der Waals surface area contributed by atoms with E-state index in [9.17, 15) is 14.4 Å². The average Bonchev–Trinajstić information content (AvgIpc) is 3.46. The van der Waals surface area contributed by atoms with Gasteiger partial charge in [-0.1, -0.05) is 42.8 Å². The number of hydrazine groups is 1. The maximum absolute atomic E-state index is 13.3. The van der Waals surface area contributed by atoms with E-state index in [0.29, 0.717) is 23.9 Å². The van der Waals surface area contributed by atoms with E-state index in [1.165, 1.54) is 11.3 Å². The van der Waals surface area contributed by atoms with Crippen LogP contribution in [0.5, 0.6) is 0 Å². The summed E-state index contributed by atoms with van der Waals surface area (Å²) >= 11 is 7.48. The zero-order valence-electron chi connectivity index (χ0n) is 18.3. The van der Waals surface area contributed by atoms with Gasteiger partial charge in [0.1, 0.15) is 10.9 Å². The highest BCUT2D eigenvalue weighted by Crippen LogP contribution is 2.43. The zero-order chi connectivity index (χ0) is 23.1. The molecule has 2 N–H and O–H groups in total. The second kappa shape index (κ2) is 9.04. The molecule has 33 heavy (non-hydrogen) atoms. The third-order valence-electron chi connectivity index (χ3n) is 6.39. The molecule has 1 aromatic heterocycles. The van der Waals surface area contributed by atoms with Gasteiger partial charge in [-0.05, 0) is 30.4 Å². The Kier molecular flexibility index (Phi) is 6.11. The standard InChI is InChI=1S/C23H26ClN5O3S/c1-13(11-25-21(31)18-19(24)27-22(33-18)14-7-8-14)20(30)26-17-16-6-3-2-5-15(16)12-28-9-4-10-29(28)23(17)32/h2-3,5-6,13-14,17H,4,7-12H2,1H3,(H,25,31)(H,26,30)/t13?,17-/m0/s1. The monoisotopic (exact) mass is 487 g/mol. The zero-order valence-corrected chi connectivity index (χ0v) is 19.9. The van der Waals surface area contributed by atoms with Crippen molar-refractivity contribution >= 4 is 40.7 Å². The van der Waals surface area contributed by atoms with Crippen LogP contribution in [0.25, 0.3) is 0 Å². The Bertz CT molecular complexity index is 1100. The number of nitrogens with one attached hydrogen (secondary N) is 2. The summed E-state index contributed by atoms with van der Waals surface area (Å²) in [6, 6.07) is 6.99. The molecule has 10 heteroatoms. The summed E-state index contributed by atoms with van der Waals surface area (Å²) < 4.78 is 0. The first-order valence-corrected chi connectivity index (χ1v) is 12.5. The Morgan fingerprint density at radius 2 is 2.06 bits per heavy atom. The van der Waals surface area contributed by atoms with Crippen molar-refractivity contribution < 1.29 is 14.4 Å². The van der Waals surface area contributed by atoms with E-state index in [2.05, 4.69) is 15.6 Å². The Balaban J connectivity index is 1.24. The number of fused-ring (bicyclic) bond motifs is 2. The number of nitrogens with zero attached hydrogens (tertiary/aromatic N) is 3. The fourth-order valence-electron chi connectivity index (χ4n) is 4.32. The fourth-order valence-corrected chi connectivity index (χ4v) is 5.71. The topological polar surface area (TPSA) is 94.6 Å².